The number of nitrogens with one attached hydrogen (secondary N) is 1. The summed E-state index contributed by atoms with van der Waals surface area (Å²) in [5, 5.41) is 3.38. The van der Waals surface area contributed by atoms with Crippen LogP contribution in [-0.2, 0) is 0 Å². The Morgan fingerprint density at radius 2 is 1.73 bits per heavy atom. The molecule has 0 spiro atoms. The predicted molar refractivity (Wildman–Crippen MR) is 65.0 cm³/mol. The number of rotatable bonds is 4. The highest BCUT2D eigenvalue weighted by atomic mass is 14.9. The van der Waals surface area contributed by atoms with E-state index in [9.17, 15) is 0 Å². The Kier molecular flexibility index (Phi) is 4.28. The summed E-state index contributed by atoms with van der Waals surface area (Å²) in [7, 11) is 2.03. The van der Waals surface area contributed by atoms with Crippen LogP contribution in [-0.4, -0.2) is 12.0 Å². The quantitative estimate of drug-likeness (QED) is 0.819. The molecule has 0 aliphatic carbocycles. The van der Waals surface area contributed by atoms with E-state index in [-0.39, 0.29) is 0 Å². The van der Waals surface area contributed by atoms with Crippen LogP contribution in [0.2, 0.25) is 0 Å². The Hall–Kier alpha value is -0.890. The second-order valence-electron chi connectivity index (χ2n) is 4.65. The minimum absolute atomic E-state index is 0.449. The lowest BCUT2D eigenvalue weighted by Gasteiger charge is -2.19. The van der Waals surface area contributed by atoms with Crippen molar-refractivity contribution in [3.63, 3.8) is 0 Å². The van der Waals surface area contributed by atoms with E-state index in [0.717, 1.165) is 11.4 Å². The lowest BCUT2D eigenvalue weighted by Crippen LogP contribution is -2.18. The van der Waals surface area contributed by atoms with Gasteiger partial charge in [0.2, 0.25) is 0 Å². The third kappa shape index (κ3) is 3.63. The fourth-order valence-electron chi connectivity index (χ4n) is 1.96. The molecular weight excluding hydrogens is 184 g/mol. The summed E-state index contributed by atoms with van der Waals surface area (Å²) in [4.78, 5) is 4.40. The summed E-state index contributed by atoms with van der Waals surface area (Å²) in [5.74, 6) is 0.705. The van der Waals surface area contributed by atoms with Crippen molar-refractivity contribution in [3.05, 3.63) is 29.1 Å². The maximum atomic E-state index is 4.40. The third-order valence-electron chi connectivity index (χ3n) is 2.56. The first kappa shape index (κ1) is 12.2. The summed E-state index contributed by atoms with van der Waals surface area (Å²) in [6, 6.07) is 4.80. The van der Waals surface area contributed by atoms with Gasteiger partial charge in [-0.3, -0.25) is 4.98 Å². The number of aromatic nitrogens is 1. The molecule has 0 bridgehead atoms. The molecule has 0 aliphatic rings. The molecule has 15 heavy (non-hydrogen) atoms. The Balaban J connectivity index is 2.91. The van der Waals surface area contributed by atoms with Crippen LogP contribution in [0.3, 0.4) is 0 Å². The highest BCUT2D eigenvalue weighted by Gasteiger charge is 2.11. The smallest absolute Gasteiger partial charge is 0.0379 e. The third-order valence-corrected chi connectivity index (χ3v) is 2.56. The first-order valence-electron chi connectivity index (χ1n) is 5.65. The monoisotopic (exact) mass is 206 g/mol. The first-order valence-corrected chi connectivity index (χ1v) is 5.65. The van der Waals surface area contributed by atoms with Crippen molar-refractivity contribution < 1.29 is 0 Å². The Bertz CT molecular complexity index is 298. The molecule has 0 amide bonds. The molecule has 0 saturated heterocycles. The maximum absolute atomic E-state index is 4.40. The Morgan fingerprint density at radius 3 is 2.13 bits per heavy atom. The lowest BCUT2D eigenvalue weighted by molar-refractivity contribution is 0.456. The van der Waals surface area contributed by atoms with Crippen LogP contribution in [0.1, 0.15) is 43.3 Å². The van der Waals surface area contributed by atoms with Crippen LogP contribution in [0.4, 0.5) is 0 Å². The van der Waals surface area contributed by atoms with Gasteiger partial charge in [-0.1, -0.05) is 13.8 Å². The van der Waals surface area contributed by atoms with Crippen LogP contribution >= 0.6 is 0 Å². The van der Waals surface area contributed by atoms with Crippen LogP contribution in [0.5, 0.6) is 0 Å². The second-order valence-corrected chi connectivity index (χ2v) is 4.65. The normalized spacial score (nSPS) is 13.2. The molecule has 2 nitrogen and oxygen atoms in total. The van der Waals surface area contributed by atoms with Crippen molar-refractivity contribution in [2.24, 2.45) is 5.92 Å². The molecule has 1 rings (SSSR count). The SMILES string of the molecule is CNC(CC(C)C)c1cc(C)nc(C)c1. The largest absolute Gasteiger partial charge is 0.313 e. The minimum atomic E-state index is 0.449. The van der Waals surface area contributed by atoms with Crippen molar-refractivity contribution >= 4 is 0 Å². The van der Waals surface area contributed by atoms with E-state index in [1.807, 2.05) is 7.05 Å². The van der Waals surface area contributed by atoms with Gasteiger partial charge in [0, 0.05) is 17.4 Å². The highest BCUT2D eigenvalue weighted by Crippen LogP contribution is 2.21. The molecule has 1 N–H and O–H groups in total. The topological polar surface area (TPSA) is 24.9 Å². The van der Waals surface area contributed by atoms with E-state index in [1.54, 1.807) is 0 Å². The zero-order chi connectivity index (χ0) is 11.4. The number of hydrogen-bond acceptors (Lipinski definition) is 2. The molecule has 0 saturated carbocycles. The number of hydrogen-bond donors (Lipinski definition) is 1. The van der Waals surface area contributed by atoms with Gasteiger partial charge in [0.25, 0.3) is 0 Å². The molecule has 1 aromatic heterocycles. The molecule has 0 radical (unpaired) electrons. The fraction of sp³-hybridized carbons (Fsp3) is 0.615. The summed E-state index contributed by atoms with van der Waals surface area (Å²) in [6.07, 6.45) is 1.17. The predicted octanol–water partition coefficient (Wildman–Crippen LogP) is 3.01. The van der Waals surface area contributed by atoms with Gasteiger partial charge >= 0.3 is 0 Å². The van der Waals surface area contributed by atoms with E-state index in [1.165, 1.54) is 12.0 Å². The molecule has 0 aromatic carbocycles. The summed E-state index contributed by atoms with van der Waals surface area (Å²) in [5.41, 5.74) is 3.57. The first-order chi connectivity index (χ1) is 7.02. The molecule has 84 valence electrons. The molecule has 1 heterocycles. The van der Waals surface area contributed by atoms with Gasteiger partial charge in [0.05, 0.1) is 0 Å². The standard InChI is InChI=1S/C13H22N2/c1-9(2)6-13(14-5)12-7-10(3)15-11(4)8-12/h7-9,13-14H,6H2,1-5H3. The van der Waals surface area contributed by atoms with Crippen molar-refractivity contribution in [1.29, 1.82) is 0 Å². The van der Waals surface area contributed by atoms with Crippen LogP contribution in [0.25, 0.3) is 0 Å². The molecule has 1 atom stereocenters. The average molecular weight is 206 g/mol. The van der Waals surface area contributed by atoms with Gasteiger partial charge < -0.3 is 5.32 Å². The van der Waals surface area contributed by atoms with Crippen LogP contribution in [0.15, 0.2) is 12.1 Å². The van der Waals surface area contributed by atoms with Crippen LogP contribution in [0, 0.1) is 19.8 Å². The Labute approximate surface area is 93.1 Å². The van der Waals surface area contributed by atoms with Crippen molar-refractivity contribution in [3.8, 4) is 0 Å². The summed E-state index contributed by atoms with van der Waals surface area (Å²) in [6.45, 7) is 8.62. The van der Waals surface area contributed by atoms with Gasteiger partial charge in [0.1, 0.15) is 0 Å². The summed E-state index contributed by atoms with van der Waals surface area (Å²) < 4.78 is 0. The van der Waals surface area contributed by atoms with Gasteiger partial charge in [-0.15, -0.1) is 0 Å². The number of aryl methyl sites for hydroxylation is 2. The lowest BCUT2D eigenvalue weighted by atomic mass is 9.97. The van der Waals surface area contributed by atoms with Gasteiger partial charge in [-0.25, -0.2) is 0 Å². The van der Waals surface area contributed by atoms with Gasteiger partial charge in [-0.05, 0) is 50.9 Å². The van der Waals surface area contributed by atoms with Gasteiger partial charge in [-0.2, -0.15) is 0 Å². The van der Waals surface area contributed by atoms with Crippen molar-refractivity contribution in [1.82, 2.24) is 10.3 Å². The molecular formula is C13H22N2. The minimum Gasteiger partial charge on any atom is -0.313 e. The van der Waals surface area contributed by atoms with E-state index < -0.39 is 0 Å². The molecule has 0 fully saturated rings. The van der Waals surface area contributed by atoms with Crippen molar-refractivity contribution in [2.45, 2.75) is 40.2 Å². The molecule has 1 unspecified atom stereocenters. The number of nitrogens with zero attached hydrogens (tertiary/aromatic N) is 1. The van der Waals surface area contributed by atoms with Crippen molar-refractivity contribution in [2.75, 3.05) is 7.05 Å². The van der Waals surface area contributed by atoms with E-state index >= 15 is 0 Å². The number of pyridine rings is 1. The Morgan fingerprint density at radius 1 is 1.20 bits per heavy atom. The molecule has 2 heteroatoms. The highest BCUT2D eigenvalue weighted by molar-refractivity contribution is 5.23. The summed E-state index contributed by atoms with van der Waals surface area (Å²) >= 11 is 0. The molecule has 0 aliphatic heterocycles. The van der Waals surface area contributed by atoms with E-state index in [4.69, 9.17) is 0 Å². The van der Waals surface area contributed by atoms with E-state index in [2.05, 4.69) is 50.1 Å². The van der Waals surface area contributed by atoms with E-state index in [0.29, 0.717) is 12.0 Å². The van der Waals surface area contributed by atoms with Gasteiger partial charge in [0.15, 0.2) is 0 Å². The average Bonchev–Trinajstić information content (AvgIpc) is 2.12. The van der Waals surface area contributed by atoms with Crippen LogP contribution < -0.4 is 5.32 Å². The fourth-order valence-corrected chi connectivity index (χ4v) is 1.96. The maximum Gasteiger partial charge on any atom is 0.0379 e. The molecule has 1 aromatic rings. The second kappa shape index (κ2) is 5.26. The zero-order valence-electron chi connectivity index (χ0n) is 10.5. The zero-order valence-corrected chi connectivity index (χ0v) is 10.5.